The minimum atomic E-state index is -0.0231. The Morgan fingerprint density at radius 2 is 2.32 bits per heavy atom. The fourth-order valence-electron chi connectivity index (χ4n) is 3.78. The van der Waals surface area contributed by atoms with Crippen molar-refractivity contribution < 1.29 is 14.3 Å². The first-order chi connectivity index (χ1) is 12.1. The maximum absolute atomic E-state index is 12.3. The summed E-state index contributed by atoms with van der Waals surface area (Å²) in [6.07, 6.45) is 1.35. The molecule has 4 rings (SSSR count). The van der Waals surface area contributed by atoms with Crippen LogP contribution in [0.5, 0.6) is 0 Å². The number of hydrogen-bond acceptors (Lipinski definition) is 4. The number of ether oxygens (including phenoxy) is 1. The molecule has 2 aromatic rings. The molecule has 0 bridgehead atoms. The lowest BCUT2D eigenvalue weighted by Gasteiger charge is -2.34. The van der Waals surface area contributed by atoms with Crippen molar-refractivity contribution in [3.05, 3.63) is 29.6 Å². The van der Waals surface area contributed by atoms with Gasteiger partial charge in [0.15, 0.2) is 0 Å². The Morgan fingerprint density at radius 3 is 3.16 bits per heavy atom. The number of amides is 2. The second kappa shape index (κ2) is 6.48. The fraction of sp³-hybridized carbons (Fsp3) is 0.500. The van der Waals surface area contributed by atoms with Crippen molar-refractivity contribution in [2.75, 3.05) is 19.7 Å². The Balaban J connectivity index is 1.30. The molecule has 132 valence electrons. The SMILES string of the molecule is Cc1cccc2[nH]c(COCC(=O)N3CC[C@@H]4NC(=O)C[C@@H]4C3)nc12. The standard InChI is InChI=1S/C18H22N4O3/c1-11-3-2-4-14-18(11)21-15(19-14)9-25-10-17(24)22-6-5-13-12(8-22)7-16(23)20-13/h2-4,12-13H,5-10H2,1H3,(H,19,21)(H,20,23)/t12-,13+/m1/s1. The Hall–Kier alpha value is -2.41. The first kappa shape index (κ1) is 16.1. The molecule has 25 heavy (non-hydrogen) atoms. The average molecular weight is 342 g/mol. The molecule has 0 saturated carbocycles. The van der Waals surface area contributed by atoms with Crippen LogP contribution in [0.3, 0.4) is 0 Å². The number of carbonyl (C=O) groups excluding carboxylic acids is 2. The van der Waals surface area contributed by atoms with E-state index in [-0.39, 0.29) is 37.0 Å². The van der Waals surface area contributed by atoms with Gasteiger partial charge in [0.25, 0.3) is 0 Å². The number of benzene rings is 1. The highest BCUT2D eigenvalue weighted by atomic mass is 16.5. The van der Waals surface area contributed by atoms with Crippen LogP contribution in [0.25, 0.3) is 11.0 Å². The smallest absolute Gasteiger partial charge is 0.248 e. The number of para-hydroxylation sites is 1. The van der Waals surface area contributed by atoms with Crippen molar-refractivity contribution in [3.8, 4) is 0 Å². The maximum atomic E-state index is 12.3. The van der Waals surface area contributed by atoms with E-state index in [4.69, 9.17) is 4.74 Å². The number of aryl methyl sites for hydroxylation is 1. The van der Waals surface area contributed by atoms with Gasteiger partial charge in [-0.25, -0.2) is 4.98 Å². The van der Waals surface area contributed by atoms with Crippen LogP contribution >= 0.6 is 0 Å². The number of H-pyrrole nitrogens is 1. The molecule has 2 aliphatic rings. The topological polar surface area (TPSA) is 87.3 Å². The zero-order valence-corrected chi connectivity index (χ0v) is 14.2. The average Bonchev–Trinajstić information content (AvgIpc) is 3.16. The number of rotatable bonds is 4. The second-order valence-corrected chi connectivity index (χ2v) is 6.91. The highest BCUT2D eigenvalue weighted by Gasteiger charge is 2.37. The lowest BCUT2D eigenvalue weighted by Crippen LogP contribution is -2.48. The summed E-state index contributed by atoms with van der Waals surface area (Å²) in [7, 11) is 0. The summed E-state index contributed by atoms with van der Waals surface area (Å²) < 4.78 is 5.57. The molecule has 0 spiro atoms. The van der Waals surface area contributed by atoms with Gasteiger partial charge in [-0.1, -0.05) is 12.1 Å². The van der Waals surface area contributed by atoms with Crippen LogP contribution in [0.4, 0.5) is 0 Å². The minimum absolute atomic E-state index is 0.0231. The summed E-state index contributed by atoms with van der Waals surface area (Å²) in [5, 5.41) is 2.98. The third kappa shape index (κ3) is 3.24. The molecule has 0 unspecified atom stereocenters. The summed E-state index contributed by atoms with van der Waals surface area (Å²) >= 11 is 0. The van der Waals surface area contributed by atoms with E-state index in [1.54, 1.807) is 0 Å². The number of fused-ring (bicyclic) bond motifs is 2. The van der Waals surface area contributed by atoms with Gasteiger partial charge in [-0.15, -0.1) is 0 Å². The Kier molecular flexibility index (Phi) is 4.17. The molecule has 1 aromatic carbocycles. The fourth-order valence-corrected chi connectivity index (χ4v) is 3.78. The lowest BCUT2D eigenvalue weighted by atomic mass is 9.93. The van der Waals surface area contributed by atoms with Crippen LogP contribution in [0.15, 0.2) is 18.2 Å². The minimum Gasteiger partial charge on any atom is -0.364 e. The molecule has 2 fully saturated rings. The molecular formula is C18H22N4O3. The number of nitrogens with one attached hydrogen (secondary N) is 2. The number of imidazole rings is 1. The molecule has 3 heterocycles. The lowest BCUT2D eigenvalue weighted by molar-refractivity contribution is -0.138. The molecule has 2 aliphatic heterocycles. The Labute approximate surface area is 145 Å². The second-order valence-electron chi connectivity index (χ2n) is 6.91. The zero-order chi connectivity index (χ0) is 17.4. The van der Waals surface area contributed by atoms with E-state index < -0.39 is 0 Å². The summed E-state index contributed by atoms with van der Waals surface area (Å²) in [4.78, 5) is 33.4. The highest BCUT2D eigenvalue weighted by Crippen LogP contribution is 2.25. The summed E-state index contributed by atoms with van der Waals surface area (Å²) in [6, 6.07) is 6.21. The van der Waals surface area contributed by atoms with Crippen molar-refractivity contribution in [1.82, 2.24) is 20.2 Å². The number of aromatic amines is 1. The van der Waals surface area contributed by atoms with Crippen LogP contribution in [0.1, 0.15) is 24.2 Å². The molecule has 2 atom stereocenters. The Morgan fingerprint density at radius 1 is 1.44 bits per heavy atom. The quantitative estimate of drug-likeness (QED) is 0.872. The molecule has 1 aromatic heterocycles. The molecule has 2 saturated heterocycles. The first-order valence-corrected chi connectivity index (χ1v) is 8.69. The number of piperidine rings is 1. The predicted molar refractivity (Wildman–Crippen MR) is 91.7 cm³/mol. The molecule has 7 heteroatoms. The van der Waals surface area contributed by atoms with E-state index in [1.807, 2.05) is 30.0 Å². The molecule has 0 aliphatic carbocycles. The third-order valence-corrected chi connectivity index (χ3v) is 5.11. The molecule has 2 amide bonds. The van der Waals surface area contributed by atoms with Crippen LogP contribution in [-0.4, -0.2) is 52.4 Å². The van der Waals surface area contributed by atoms with Crippen LogP contribution < -0.4 is 5.32 Å². The summed E-state index contributed by atoms with van der Waals surface area (Å²) in [5.74, 6) is 1.04. The number of hydrogen-bond donors (Lipinski definition) is 2. The van der Waals surface area contributed by atoms with Gasteiger partial charge in [-0.05, 0) is 25.0 Å². The van der Waals surface area contributed by atoms with Crippen molar-refractivity contribution in [2.45, 2.75) is 32.4 Å². The van der Waals surface area contributed by atoms with Crippen LogP contribution in [0.2, 0.25) is 0 Å². The normalized spacial score (nSPS) is 22.9. The number of nitrogens with zero attached hydrogens (tertiary/aromatic N) is 2. The highest BCUT2D eigenvalue weighted by molar-refractivity contribution is 5.81. The van der Waals surface area contributed by atoms with Gasteiger partial charge < -0.3 is 19.9 Å². The number of carbonyl (C=O) groups is 2. The van der Waals surface area contributed by atoms with E-state index in [0.29, 0.717) is 19.5 Å². The number of aromatic nitrogens is 2. The summed E-state index contributed by atoms with van der Waals surface area (Å²) in [5.41, 5.74) is 3.02. The first-order valence-electron chi connectivity index (χ1n) is 8.69. The number of likely N-dealkylation sites (tertiary alicyclic amines) is 1. The van der Waals surface area contributed by atoms with Crippen molar-refractivity contribution >= 4 is 22.8 Å². The van der Waals surface area contributed by atoms with Gasteiger partial charge in [-0.2, -0.15) is 0 Å². The van der Waals surface area contributed by atoms with E-state index >= 15 is 0 Å². The van der Waals surface area contributed by atoms with Crippen molar-refractivity contribution in [3.63, 3.8) is 0 Å². The van der Waals surface area contributed by atoms with E-state index in [0.717, 1.165) is 28.8 Å². The predicted octanol–water partition coefficient (Wildman–Crippen LogP) is 1.12. The third-order valence-electron chi connectivity index (χ3n) is 5.11. The van der Waals surface area contributed by atoms with Crippen LogP contribution in [0, 0.1) is 12.8 Å². The molecule has 0 radical (unpaired) electrons. The largest absolute Gasteiger partial charge is 0.364 e. The molecule has 7 nitrogen and oxygen atoms in total. The van der Waals surface area contributed by atoms with Gasteiger partial charge in [0, 0.05) is 31.5 Å². The van der Waals surface area contributed by atoms with Gasteiger partial charge in [0.2, 0.25) is 11.8 Å². The van der Waals surface area contributed by atoms with Gasteiger partial charge in [-0.3, -0.25) is 9.59 Å². The van der Waals surface area contributed by atoms with Gasteiger partial charge in [0.1, 0.15) is 19.0 Å². The zero-order valence-electron chi connectivity index (χ0n) is 14.2. The van der Waals surface area contributed by atoms with Gasteiger partial charge >= 0.3 is 0 Å². The van der Waals surface area contributed by atoms with Crippen molar-refractivity contribution in [2.24, 2.45) is 5.92 Å². The van der Waals surface area contributed by atoms with E-state index in [2.05, 4.69) is 15.3 Å². The Bertz CT molecular complexity index is 816. The van der Waals surface area contributed by atoms with Gasteiger partial charge in [0.05, 0.1) is 11.0 Å². The van der Waals surface area contributed by atoms with E-state index in [9.17, 15) is 9.59 Å². The summed E-state index contributed by atoms with van der Waals surface area (Å²) in [6.45, 7) is 3.64. The monoisotopic (exact) mass is 342 g/mol. The van der Waals surface area contributed by atoms with Crippen molar-refractivity contribution in [1.29, 1.82) is 0 Å². The van der Waals surface area contributed by atoms with Crippen LogP contribution in [-0.2, 0) is 20.9 Å². The van der Waals surface area contributed by atoms with E-state index in [1.165, 1.54) is 0 Å². The molecule has 2 N–H and O–H groups in total. The molecular weight excluding hydrogens is 320 g/mol. The maximum Gasteiger partial charge on any atom is 0.248 e.